The van der Waals surface area contributed by atoms with E-state index in [2.05, 4.69) is 25.3 Å². The quantitative estimate of drug-likeness (QED) is 0.483. The second-order valence-corrected chi connectivity index (χ2v) is 6.34. The number of aliphatic imine (C=N–C) groups is 1. The summed E-state index contributed by atoms with van der Waals surface area (Å²) in [5.41, 5.74) is 2.59. The second kappa shape index (κ2) is 9.18. The molecule has 8 heteroatoms. The van der Waals surface area contributed by atoms with Gasteiger partial charge < -0.3 is 19.5 Å². The summed E-state index contributed by atoms with van der Waals surface area (Å²) in [4.78, 5) is 20.5. The van der Waals surface area contributed by atoms with Crippen LogP contribution >= 0.6 is 0 Å². The van der Waals surface area contributed by atoms with Gasteiger partial charge in [-0.25, -0.2) is 4.79 Å². The number of carbonyl (C=O) groups excluding carboxylic acids is 1. The van der Waals surface area contributed by atoms with Crippen LogP contribution < -0.4 is 5.32 Å². The van der Waals surface area contributed by atoms with Gasteiger partial charge in [0.25, 0.3) is 0 Å². The van der Waals surface area contributed by atoms with Crippen LogP contribution in [-0.4, -0.2) is 67.2 Å². The zero-order valence-electron chi connectivity index (χ0n) is 15.7. The highest BCUT2D eigenvalue weighted by Gasteiger charge is 2.20. The van der Waals surface area contributed by atoms with Crippen LogP contribution in [0.4, 0.5) is 0 Å². The summed E-state index contributed by atoms with van der Waals surface area (Å²) in [6.45, 7) is 5.15. The van der Waals surface area contributed by atoms with Gasteiger partial charge in [0.05, 0.1) is 18.4 Å². The summed E-state index contributed by atoms with van der Waals surface area (Å²) in [6, 6.07) is 9.28. The molecule has 0 atom stereocenters. The van der Waals surface area contributed by atoms with Crippen molar-refractivity contribution >= 4 is 11.9 Å². The average Bonchev–Trinajstić information content (AvgIpc) is 3.22. The Kier molecular flexibility index (Phi) is 6.43. The number of ether oxygens (including phenoxy) is 1. The minimum absolute atomic E-state index is 0.325. The van der Waals surface area contributed by atoms with Crippen molar-refractivity contribution in [3.63, 3.8) is 0 Å². The molecule has 0 amide bonds. The van der Waals surface area contributed by atoms with Crippen LogP contribution in [0.1, 0.15) is 21.6 Å². The Balaban J connectivity index is 1.47. The molecule has 1 aromatic carbocycles. The minimum Gasteiger partial charge on any atom is -0.465 e. The Bertz CT molecular complexity index is 750. The standard InChI is InChI=1S/C19H25N5O3/c1-20-19(21-13-15-3-5-16(6-4-15)18(25)26-2)24-10-8-23(9-11-24)14-17-7-12-27-22-17/h3-7,12H,8-11,13-14H2,1-2H3,(H,20,21). The van der Waals surface area contributed by atoms with E-state index in [4.69, 9.17) is 9.26 Å². The lowest BCUT2D eigenvalue weighted by Gasteiger charge is -2.36. The number of benzene rings is 1. The third kappa shape index (κ3) is 5.07. The van der Waals surface area contributed by atoms with Crippen molar-refractivity contribution in [2.24, 2.45) is 4.99 Å². The van der Waals surface area contributed by atoms with E-state index in [0.717, 1.165) is 49.9 Å². The first-order valence-corrected chi connectivity index (χ1v) is 8.94. The first-order chi connectivity index (χ1) is 13.2. The molecule has 0 bridgehead atoms. The fourth-order valence-corrected chi connectivity index (χ4v) is 3.06. The van der Waals surface area contributed by atoms with Gasteiger partial charge in [0, 0.05) is 52.4 Å². The van der Waals surface area contributed by atoms with Gasteiger partial charge in [-0.05, 0) is 17.7 Å². The Hall–Kier alpha value is -2.87. The van der Waals surface area contributed by atoms with E-state index in [9.17, 15) is 4.79 Å². The zero-order chi connectivity index (χ0) is 19.1. The Labute approximate surface area is 158 Å². The van der Waals surface area contributed by atoms with Gasteiger partial charge in [-0.3, -0.25) is 9.89 Å². The molecule has 1 fully saturated rings. The number of esters is 1. The molecular weight excluding hydrogens is 346 g/mol. The predicted octanol–water partition coefficient (Wildman–Crippen LogP) is 1.35. The fraction of sp³-hybridized carbons (Fsp3) is 0.421. The molecular formula is C19H25N5O3. The maximum atomic E-state index is 11.5. The molecule has 0 radical (unpaired) electrons. The molecule has 27 heavy (non-hydrogen) atoms. The molecule has 0 unspecified atom stereocenters. The summed E-state index contributed by atoms with van der Waals surface area (Å²) >= 11 is 0. The van der Waals surface area contributed by atoms with Crippen LogP contribution in [0.15, 0.2) is 46.1 Å². The minimum atomic E-state index is -0.325. The summed E-state index contributed by atoms with van der Waals surface area (Å²) in [5.74, 6) is 0.557. The smallest absolute Gasteiger partial charge is 0.337 e. The van der Waals surface area contributed by atoms with Crippen molar-refractivity contribution in [3.8, 4) is 0 Å². The lowest BCUT2D eigenvalue weighted by molar-refractivity contribution is 0.0600. The first-order valence-electron chi connectivity index (χ1n) is 8.94. The van der Waals surface area contributed by atoms with E-state index < -0.39 is 0 Å². The Morgan fingerprint density at radius 1 is 1.22 bits per heavy atom. The van der Waals surface area contributed by atoms with Crippen molar-refractivity contribution in [1.29, 1.82) is 0 Å². The fourth-order valence-electron chi connectivity index (χ4n) is 3.06. The SMILES string of the molecule is CN=C(NCc1ccc(C(=O)OC)cc1)N1CCN(Cc2ccon2)CC1. The average molecular weight is 371 g/mol. The highest BCUT2D eigenvalue weighted by atomic mass is 16.5. The van der Waals surface area contributed by atoms with E-state index in [-0.39, 0.29) is 5.97 Å². The summed E-state index contributed by atoms with van der Waals surface area (Å²) in [7, 11) is 3.18. The molecule has 0 spiro atoms. The lowest BCUT2D eigenvalue weighted by Crippen LogP contribution is -2.52. The number of nitrogens with one attached hydrogen (secondary N) is 1. The summed E-state index contributed by atoms with van der Waals surface area (Å²) in [5, 5.41) is 7.36. The molecule has 1 aliphatic heterocycles. The van der Waals surface area contributed by atoms with Crippen LogP contribution in [0.2, 0.25) is 0 Å². The van der Waals surface area contributed by atoms with Crippen LogP contribution in [0.3, 0.4) is 0 Å². The molecule has 1 aromatic heterocycles. The van der Waals surface area contributed by atoms with Crippen LogP contribution in [-0.2, 0) is 17.8 Å². The molecule has 0 aliphatic carbocycles. The van der Waals surface area contributed by atoms with Gasteiger partial charge in [0.15, 0.2) is 5.96 Å². The van der Waals surface area contributed by atoms with E-state index >= 15 is 0 Å². The highest BCUT2D eigenvalue weighted by Crippen LogP contribution is 2.09. The maximum absolute atomic E-state index is 11.5. The van der Waals surface area contributed by atoms with Crippen LogP contribution in [0.5, 0.6) is 0 Å². The topological polar surface area (TPSA) is 83.2 Å². The Morgan fingerprint density at radius 2 is 1.96 bits per heavy atom. The Morgan fingerprint density at radius 3 is 2.56 bits per heavy atom. The lowest BCUT2D eigenvalue weighted by atomic mass is 10.1. The van der Waals surface area contributed by atoms with Gasteiger partial charge >= 0.3 is 5.97 Å². The van der Waals surface area contributed by atoms with Gasteiger partial charge in [0.1, 0.15) is 6.26 Å². The number of hydrogen-bond acceptors (Lipinski definition) is 6. The molecule has 0 saturated carbocycles. The maximum Gasteiger partial charge on any atom is 0.337 e. The van der Waals surface area contributed by atoms with Crippen molar-refractivity contribution in [1.82, 2.24) is 20.3 Å². The number of methoxy groups -OCH3 is 1. The van der Waals surface area contributed by atoms with Gasteiger partial charge in [-0.2, -0.15) is 0 Å². The normalized spacial score (nSPS) is 15.6. The zero-order valence-corrected chi connectivity index (χ0v) is 15.7. The monoisotopic (exact) mass is 371 g/mol. The number of nitrogens with zero attached hydrogens (tertiary/aromatic N) is 4. The summed E-state index contributed by atoms with van der Waals surface area (Å²) < 4.78 is 9.61. The van der Waals surface area contributed by atoms with Crippen molar-refractivity contribution in [2.45, 2.75) is 13.1 Å². The van der Waals surface area contributed by atoms with Crippen molar-refractivity contribution in [3.05, 3.63) is 53.4 Å². The number of piperazine rings is 1. The number of hydrogen-bond donors (Lipinski definition) is 1. The number of guanidine groups is 1. The van der Waals surface area contributed by atoms with Crippen LogP contribution in [0.25, 0.3) is 0 Å². The third-order valence-corrected chi connectivity index (χ3v) is 4.59. The first kappa shape index (κ1) is 18.9. The molecule has 144 valence electrons. The molecule has 2 aromatic rings. The van der Waals surface area contributed by atoms with Crippen molar-refractivity contribution < 1.29 is 14.1 Å². The second-order valence-electron chi connectivity index (χ2n) is 6.34. The number of carbonyl (C=O) groups is 1. The van der Waals surface area contributed by atoms with E-state index in [1.54, 1.807) is 25.4 Å². The van der Waals surface area contributed by atoms with Gasteiger partial charge in [-0.1, -0.05) is 17.3 Å². The van der Waals surface area contributed by atoms with E-state index in [1.165, 1.54) is 7.11 Å². The number of aromatic nitrogens is 1. The number of rotatable bonds is 5. The molecule has 1 saturated heterocycles. The molecule has 1 aliphatic rings. The largest absolute Gasteiger partial charge is 0.465 e. The third-order valence-electron chi connectivity index (χ3n) is 4.59. The van der Waals surface area contributed by atoms with Crippen LogP contribution in [0, 0.1) is 0 Å². The van der Waals surface area contributed by atoms with Gasteiger partial charge in [0.2, 0.25) is 0 Å². The molecule has 2 heterocycles. The predicted molar refractivity (Wildman–Crippen MR) is 101 cm³/mol. The summed E-state index contributed by atoms with van der Waals surface area (Å²) in [6.07, 6.45) is 1.61. The van der Waals surface area contributed by atoms with Gasteiger partial charge in [-0.15, -0.1) is 0 Å². The van der Waals surface area contributed by atoms with E-state index in [1.807, 2.05) is 18.2 Å². The van der Waals surface area contributed by atoms with E-state index in [0.29, 0.717) is 12.1 Å². The molecule has 1 N–H and O–H groups in total. The van der Waals surface area contributed by atoms with Crippen molar-refractivity contribution in [2.75, 3.05) is 40.3 Å². The molecule has 8 nitrogen and oxygen atoms in total. The highest BCUT2D eigenvalue weighted by molar-refractivity contribution is 5.89. The molecule has 3 rings (SSSR count).